The molecule has 0 aliphatic heterocycles. The Kier molecular flexibility index (Phi) is 5.62. The van der Waals surface area contributed by atoms with E-state index in [9.17, 15) is 13.2 Å². The number of sulfonamides is 1. The van der Waals surface area contributed by atoms with Gasteiger partial charge in [-0.2, -0.15) is 13.5 Å². The van der Waals surface area contributed by atoms with Crippen LogP contribution in [-0.2, 0) is 16.6 Å². The van der Waals surface area contributed by atoms with Gasteiger partial charge in [0.1, 0.15) is 0 Å². The molecule has 0 unspecified atom stereocenters. The van der Waals surface area contributed by atoms with Gasteiger partial charge in [-0.15, -0.1) is 0 Å². The number of aromatic amines is 1. The highest BCUT2D eigenvalue weighted by atomic mass is 79.9. The fourth-order valence-corrected chi connectivity index (χ4v) is 3.77. The summed E-state index contributed by atoms with van der Waals surface area (Å²) >= 11 is 3.35. The molecule has 0 aliphatic rings. The molecule has 7 nitrogen and oxygen atoms in total. The van der Waals surface area contributed by atoms with Crippen molar-refractivity contribution in [3.63, 3.8) is 0 Å². The number of carbonyl (C=O) groups excluding carboxylic acids is 1. The van der Waals surface area contributed by atoms with Gasteiger partial charge in [0.15, 0.2) is 5.03 Å². The number of anilines is 1. The summed E-state index contributed by atoms with van der Waals surface area (Å²) in [5, 5.41) is 8.53. The van der Waals surface area contributed by atoms with Gasteiger partial charge in [-0.05, 0) is 36.8 Å². The van der Waals surface area contributed by atoms with Crippen molar-refractivity contribution < 1.29 is 13.2 Å². The zero-order chi connectivity index (χ0) is 19.4. The number of hydrogen-bond acceptors (Lipinski definition) is 4. The third-order valence-corrected chi connectivity index (χ3v) is 5.67. The van der Waals surface area contributed by atoms with Gasteiger partial charge in [0, 0.05) is 16.7 Å². The molecule has 3 N–H and O–H groups in total. The second-order valence-electron chi connectivity index (χ2n) is 5.89. The van der Waals surface area contributed by atoms with Gasteiger partial charge in [0.2, 0.25) is 0 Å². The Morgan fingerprint density at radius 3 is 2.44 bits per heavy atom. The first-order valence-corrected chi connectivity index (χ1v) is 10.3. The van der Waals surface area contributed by atoms with Crippen molar-refractivity contribution in [2.45, 2.75) is 18.5 Å². The second kappa shape index (κ2) is 7.93. The summed E-state index contributed by atoms with van der Waals surface area (Å²) in [5.74, 6) is -0.532. The fourth-order valence-electron chi connectivity index (χ4n) is 2.35. The lowest BCUT2D eigenvalue weighted by Crippen LogP contribution is -2.25. The molecule has 0 atom stereocenters. The van der Waals surface area contributed by atoms with Crippen LogP contribution in [0.1, 0.15) is 21.5 Å². The van der Waals surface area contributed by atoms with Crippen molar-refractivity contribution in [2.24, 2.45) is 0 Å². The van der Waals surface area contributed by atoms with Crippen LogP contribution in [0.2, 0.25) is 0 Å². The molecule has 0 saturated carbocycles. The van der Waals surface area contributed by atoms with E-state index in [4.69, 9.17) is 0 Å². The number of benzene rings is 2. The van der Waals surface area contributed by atoms with Crippen LogP contribution < -0.4 is 10.0 Å². The summed E-state index contributed by atoms with van der Waals surface area (Å²) in [6.45, 7) is 2.17. The molecule has 3 rings (SSSR count). The van der Waals surface area contributed by atoms with E-state index < -0.39 is 15.9 Å². The number of nitrogens with zero attached hydrogens (tertiary/aromatic N) is 1. The lowest BCUT2D eigenvalue weighted by atomic mass is 10.2. The summed E-state index contributed by atoms with van der Waals surface area (Å²) in [6.07, 6.45) is 1.20. The summed E-state index contributed by atoms with van der Waals surface area (Å²) < 4.78 is 28.6. The monoisotopic (exact) mass is 448 g/mol. The van der Waals surface area contributed by atoms with Crippen LogP contribution in [0, 0.1) is 6.92 Å². The third kappa shape index (κ3) is 4.75. The van der Waals surface area contributed by atoms with Gasteiger partial charge in [0.05, 0.1) is 11.8 Å². The van der Waals surface area contributed by atoms with Crippen LogP contribution in [0.5, 0.6) is 0 Å². The average molecular weight is 449 g/mol. The normalized spacial score (nSPS) is 11.2. The highest BCUT2D eigenvalue weighted by Crippen LogP contribution is 2.18. The minimum atomic E-state index is -3.98. The van der Waals surface area contributed by atoms with E-state index in [1.54, 1.807) is 24.3 Å². The Bertz CT molecular complexity index is 1040. The fraction of sp³-hybridized carbons (Fsp3) is 0.111. The molecule has 1 aromatic heterocycles. The van der Waals surface area contributed by atoms with Crippen LogP contribution in [-0.4, -0.2) is 24.5 Å². The number of aryl methyl sites for hydroxylation is 1. The van der Waals surface area contributed by atoms with E-state index >= 15 is 0 Å². The van der Waals surface area contributed by atoms with E-state index in [2.05, 4.69) is 36.2 Å². The Morgan fingerprint density at radius 1 is 1.11 bits per heavy atom. The molecule has 140 valence electrons. The second-order valence-corrected chi connectivity index (χ2v) is 8.43. The Morgan fingerprint density at radius 2 is 1.78 bits per heavy atom. The number of rotatable bonds is 6. The van der Waals surface area contributed by atoms with Crippen LogP contribution >= 0.6 is 15.9 Å². The lowest BCUT2D eigenvalue weighted by molar-refractivity contribution is 0.0947. The molecule has 3 aromatic rings. The summed E-state index contributed by atoms with van der Waals surface area (Å²) in [6, 6.07) is 14.3. The summed E-state index contributed by atoms with van der Waals surface area (Å²) in [5.41, 5.74) is 2.24. The standard InChI is InChI=1S/C18H17BrN4O3S/c1-12-2-8-15(9-3-12)23-27(25,26)18-16(11-21-22-18)17(24)20-10-13-4-6-14(19)7-5-13/h2-9,11,23H,10H2,1H3,(H,20,24)(H,21,22). The Labute approximate surface area is 165 Å². The zero-order valence-corrected chi connectivity index (χ0v) is 16.8. The van der Waals surface area contributed by atoms with E-state index in [0.717, 1.165) is 15.6 Å². The highest BCUT2D eigenvalue weighted by molar-refractivity contribution is 9.10. The molecule has 0 spiro atoms. The molecular formula is C18H17BrN4O3S. The molecule has 27 heavy (non-hydrogen) atoms. The summed E-state index contributed by atoms with van der Waals surface area (Å²) in [4.78, 5) is 12.4. The van der Waals surface area contributed by atoms with Crippen molar-refractivity contribution in [2.75, 3.05) is 4.72 Å². The van der Waals surface area contributed by atoms with E-state index in [-0.39, 0.29) is 17.1 Å². The van der Waals surface area contributed by atoms with Crippen molar-refractivity contribution in [3.05, 3.63) is 75.9 Å². The number of halogens is 1. The average Bonchev–Trinajstić information content (AvgIpc) is 3.14. The predicted octanol–water partition coefficient (Wildman–Crippen LogP) is 3.21. The van der Waals surface area contributed by atoms with Gasteiger partial charge in [-0.25, -0.2) is 0 Å². The largest absolute Gasteiger partial charge is 0.348 e. The van der Waals surface area contributed by atoms with Crippen LogP contribution in [0.25, 0.3) is 0 Å². The Balaban J connectivity index is 1.74. The number of carbonyl (C=O) groups is 1. The highest BCUT2D eigenvalue weighted by Gasteiger charge is 2.25. The van der Waals surface area contributed by atoms with Crippen LogP contribution in [0.3, 0.4) is 0 Å². The molecule has 0 saturated heterocycles. The molecule has 0 radical (unpaired) electrons. The molecule has 9 heteroatoms. The topological polar surface area (TPSA) is 104 Å². The maximum atomic E-state index is 12.6. The van der Waals surface area contributed by atoms with Crippen LogP contribution in [0.4, 0.5) is 5.69 Å². The van der Waals surface area contributed by atoms with Gasteiger partial charge in [-0.3, -0.25) is 14.6 Å². The first-order valence-electron chi connectivity index (χ1n) is 8.01. The molecule has 0 fully saturated rings. The molecule has 1 amide bonds. The number of H-pyrrole nitrogens is 1. The smallest absolute Gasteiger partial charge is 0.279 e. The lowest BCUT2D eigenvalue weighted by Gasteiger charge is -2.09. The number of aromatic nitrogens is 2. The SMILES string of the molecule is Cc1ccc(NS(=O)(=O)c2[nH]ncc2C(=O)NCc2ccc(Br)cc2)cc1. The van der Waals surface area contributed by atoms with Crippen molar-refractivity contribution >= 4 is 37.5 Å². The van der Waals surface area contributed by atoms with E-state index in [0.29, 0.717) is 5.69 Å². The summed E-state index contributed by atoms with van der Waals surface area (Å²) in [7, 11) is -3.98. The van der Waals surface area contributed by atoms with E-state index in [1.807, 2.05) is 31.2 Å². The predicted molar refractivity (Wildman–Crippen MR) is 106 cm³/mol. The minimum absolute atomic E-state index is 0.0493. The quantitative estimate of drug-likeness (QED) is 0.538. The van der Waals surface area contributed by atoms with Gasteiger partial charge in [0.25, 0.3) is 15.9 Å². The molecule has 0 aliphatic carbocycles. The third-order valence-electron chi connectivity index (χ3n) is 3.79. The van der Waals surface area contributed by atoms with E-state index in [1.165, 1.54) is 6.20 Å². The van der Waals surface area contributed by atoms with Crippen molar-refractivity contribution in [1.29, 1.82) is 0 Å². The van der Waals surface area contributed by atoms with Gasteiger partial charge in [-0.1, -0.05) is 45.8 Å². The molecular weight excluding hydrogens is 432 g/mol. The first-order chi connectivity index (χ1) is 12.8. The maximum Gasteiger partial charge on any atom is 0.279 e. The van der Waals surface area contributed by atoms with Crippen LogP contribution in [0.15, 0.2) is 64.2 Å². The molecule has 1 heterocycles. The van der Waals surface area contributed by atoms with Gasteiger partial charge >= 0.3 is 0 Å². The number of nitrogens with one attached hydrogen (secondary N) is 3. The molecule has 0 bridgehead atoms. The number of amides is 1. The minimum Gasteiger partial charge on any atom is -0.348 e. The van der Waals surface area contributed by atoms with Crippen molar-refractivity contribution in [1.82, 2.24) is 15.5 Å². The zero-order valence-electron chi connectivity index (χ0n) is 14.4. The van der Waals surface area contributed by atoms with Gasteiger partial charge < -0.3 is 5.32 Å². The molecule has 2 aromatic carbocycles. The Hall–Kier alpha value is -2.65. The maximum absolute atomic E-state index is 12.6. The number of hydrogen-bond donors (Lipinski definition) is 3. The van der Waals surface area contributed by atoms with Crippen molar-refractivity contribution in [3.8, 4) is 0 Å². The first kappa shape index (κ1) is 19.1.